The number of likely N-dealkylation sites (N-methyl/N-ethyl adjacent to an activating group) is 1. The molecule has 20 heavy (non-hydrogen) atoms. The van der Waals surface area contributed by atoms with Crippen molar-refractivity contribution in [2.24, 2.45) is 0 Å². The van der Waals surface area contributed by atoms with Crippen LogP contribution in [-0.4, -0.2) is 31.5 Å². The van der Waals surface area contributed by atoms with Crippen molar-refractivity contribution in [1.82, 2.24) is 10.6 Å². The molecule has 2 N–H and O–H groups in total. The van der Waals surface area contributed by atoms with Crippen LogP contribution in [0.1, 0.15) is 25.3 Å². The van der Waals surface area contributed by atoms with Gasteiger partial charge in [-0.2, -0.15) is 0 Å². The van der Waals surface area contributed by atoms with E-state index in [1.54, 1.807) is 0 Å². The van der Waals surface area contributed by atoms with Gasteiger partial charge in [-0.1, -0.05) is 17.7 Å². The Bertz CT molecular complexity index is 429. The number of carbonyl (C=O) groups excluding carboxylic acids is 2. The second kappa shape index (κ2) is 8.96. The third-order valence-electron chi connectivity index (χ3n) is 2.66. The van der Waals surface area contributed by atoms with Crippen LogP contribution in [0.5, 0.6) is 5.75 Å². The fourth-order valence-corrected chi connectivity index (χ4v) is 1.58. The van der Waals surface area contributed by atoms with Crippen molar-refractivity contribution in [2.45, 2.75) is 26.7 Å². The highest BCUT2D eigenvalue weighted by molar-refractivity contribution is 5.84. The number of amides is 2. The highest BCUT2D eigenvalue weighted by Gasteiger charge is 2.04. The normalized spacial score (nSPS) is 9.90. The first-order chi connectivity index (χ1) is 9.61. The predicted octanol–water partition coefficient (Wildman–Crippen LogP) is 1.41. The van der Waals surface area contributed by atoms with Crippen molar-refractivity contribution in [2.75, 3.05) is 19.7 Å². The Kier molecular flexibility index (Phi) is 7.17. The lowest BCUT2D eigenvalue weighted by Gasteiger charge is -2.07. The number of benzene rings is 1. The highest BCUT2D eigenvalue weighted by Crippen LogP contribution is 2.11. The zero-order valence-corrected chi connectivity index (χ0v) is 12.1. The molecule has 0 aliphatic heterocycles. The van der Waals surface area contributed by atoms with Gasteiger partial charge in [0, 0.05) is 13.0 Å². The Balaban J connectivity index is 2.10. The second-order valence-corrected chi connectivity index (χ2v) is 4.50. The van der Waals surface area contributed by atoms with Crippen LogP contribution in [0.2, 0.25) is 0 Å². The largest absolute Gasteiger partial charge is 0.494 e. The van der Waals surface area contributed by atoms with Crippen LogP contribution in [0.25, 0.3) is 0 Å². The second-order valence-electron chi connectivity index (χ2n) is 4.50. The van der Waals surface area contributed by atoms with E-state index in [2.05, 4.69) is 10.6 Å². The van der Waals surface area contributed by atoms with Crippen molar-refractivity contribution >= 4 is 11.8 Å². The minimum atomic E-state index is -0.170. The number of aryl methyl sites for hydroxylation is 1. The third kappa shape index (κ3) is 6.78. The molecule has 0 radical (unpaired) electrons. The molecule has 0 heterocycles. The standard InChI is InChI=1S/C15H22N2O3/c1-3-16-15(19)11-17-14(18)5-4-10-20-13-8-6-12(2)7-9-13/h6-9H,3-5,10-11H2,1-2H3,(H,16,19)(H,17,18). The Morgan fingerprint density at radius 1 is 1.10 bits per heavy atom. The Labute approximate surface area is 119 Å². The minimum Gasteiger partial charge on any atom is -0.494 e. The van der Waals surface area contributed by atoms with E-state index in [1.165, 1.54) is 5.56 Å². The van der Waals surface area contributed by atoms with Crippen LogP contribution < -0.4 is 15.4 Å². The van der Waals surface area contributed by atoms with E-state index in [0.29, 0.717) is 26.0 Å². The number of hydrogen-bond acceptors (Lipinski definition) is 3. The smallest absolute Gasteiger partial charge is 0.239 e. The Hall–Kier alpha value is -2.04. The van der Waals surface area contributed by atoms with E-state index >= 15 is 0 Å². The van der Waals surface area contributed by atoms with E-state index in [4.69, 9.17) is 4.74 Å². The first-order valence-electron chi connectivity index (χ1n) is 6.84. The van der Waals surface area contributed by atoms with Gasteiger partial charge in [0.15, 0.2) is 0 Å². The molecule has 1 rings (SSSR count). The maximum atomic E-state index is 11.5. The molecule has 0 bridgehead atoms. The van der Waals surface area contributed by atoms with Gasteiger partial charge in [-0.15, -0.1) is 0 Å². The van der Waals surface area contributed by atoms with Crippen molar-refractivity contribution in [3.05, 3.63) is 29.8 Å². The van der Waals surface area contributed by atoms with Gasteiger partial charge in [0.2, 0.25) is 11.8 Å². The summed E-state index contributed by atoms with van der Waals surface area (Å²) in [6, 6.07) is 7.78. The van der Waals surface area contributed by atoms with Crippen molar-refractivity contribution in [1.29, 1.82) is 0 Å². The van der Waals surface area contributed by atoms with Gasteiger partial charge in [0.05, 0.1) is 13.2 Å². The maximum absolute atomic E-state index is 11.5. The number of nitrogens with one attached hydrogen (secondary N) is 2. The summed E-state index contributed by atoms with van der Waals surface area (Å²) in [5.41, 5.74) is 1.18. The zero-order chi connectivity index (χ0) is 14.8. The van der Waals surface area contributed by atoms with E-state index in [9.17, 15) is 9.59 Å². The molecule has 0 aliphatic carbocycles. The molecule has 5 heteroatoms. The topological polar surface area (TPSA) is 67.4 Å². The quantitative estimate of drug-likeness (QED) is 0.706. The van der Waals surface area contributed by atoms with Gasteiger partial charge >= 0.3 is 0 Å². The molecule has 0 aromatic heterocycles. The number of carbonyl (C=O) groups is 2. The maximum Gasteiger partial charge on any atom is 0.239 e. The molecule has 0 saturated heterocycles. The molecule has 110 valence electrons. The summed E-state index contributed by atoms with van der Waals surface area (Å²) in [7, 11) is 0. The molecule has 0 fully saturated rings. The van der Waals surface area contributed by atoms with E-state index in [0.717, 1.165) is 5.75 Å². The van der Waals surface area contributed by atoms with Gasteiger partial charge < -0.3 is 15.4 Å². The summed E-state index contributed by atoms with van der Waals surface area (Å²) in [6.07, 6.45) is 0.973. The monoisotopic (exact) mass is 278 g/mol. The molecular formula is C15H22N2O3. The van der Waals surface area contributed by atoms with Crippen LogP contribution in [0.4, 0.5) is 0 Å². The molecule has 0 aliphatic rings. The number of hydrogen-bond donors (Lipinski definition) is 2. The first kappa shape index (κ1) is 16.0. The average Bonchev–Trinajstić information content (AvgIpc) is 2.43. The van der Waals surface area contributed by atoms with Crippen LogP contribution in [0.15, 0.2) is 24.3 Å². The van der Waals surface area contributed by atoms with Gasteiger partial charge in [0.1, 0.15) is 5.75 Å². The molecule has 0 atom stereocenters. The zero-order valence-electron chi connectivity index (χ0n) is 12.1. The van der Waals surface area contributed by atoms with Crippen LogP contribution >= 0.6 is 0 Å². The summed E-state index contributed by atoms with van der Waals surface area (Å²) in [5, 5.41) is 5.18. The third-order valence-corrected chi connectivity index (χ3v) is 2.66. The van der Waals surface area contributed by atoms with Crippen LogP contribution in [-0.2, 0) is 9.59 Å². The molecule has 0 unspecified atom stereocenters. The fourth-order valence-electron chi connectivity index (χ4n) is 1.58. The minimum absolute atomic E-state index is 0.0332. The molecule has 1 aromatic carbocycles. The van der Waals surface area contributed by atoms with E-state index in [1.807, 2.05) is 38.1 Å². The summed E-state index contributed by atoms with van der Waals surface area (Å²) in [6.45, 7) is 4.94. The molecule has 0 saturated carbocycles. The summed E-state index contributed by atoms with van der Waals surface area (Å²) in [4.78, 5) is 22.6. The summed E-state index contributed by atoms with van der Waals surface area (Å²) in [5.74, 6) is 0.499. The van der Waals surface area contributed by atoms with Crippen molar-refractivity contribution < 1.29 is 14.3 Å². The molecule has 1 aromatic rings. The molecule has 5 nitrogen and oxygen atoms in total. The van der Waals surface area contributed by atoms with Crippen molar-refractivity contribution in [3.8, 4) is 5.75 Å². The lowest BCUT2D eigenvalue weighted by Crippen LogP contribution is -2.36. The van der Waals surface area contributed by atoms with E-state index in [-0.39, 0.29) is 18.4 Å². The number of ether oxygens (including phenoxy) is 1. The highest BCUT2D eigenvalue weighted by atomic mass is 16.5. The average molecular weight is 278 g/mol. The molecule has 2 amide bonds. The fraction of sp³-hybridized carbons (Fsp3) is 0.467. The summed E-state index contributed by atoms with van der Waals surface area (Å²) >= 11 is 0. The van der Waals surface area contributed by atoms with Gasteiger partial charge in [-0.3, -0.25) is 9.59 Å². The van der Waals surface area contributed by atoms with E-state index < -0.39 is 0 Å². The lowest BCUT2D eigenvalue weighted by atomic mass is 10.2. The number of rotatable bonds is 8. The van der Waals surface area contributed by atoms with Crippen LogP contribution in [0.3, 0.4) is 0 Å². The van der Waals surface area contributed by atoms with Gasteiger partial charge in [-0.05, 0) is 32.4 Å². The Morgan fingerprint density at radius 3 is 2.45 bits per heavy atom. The predicted molar refractivity (Wildman–Crippen MR) is 77.6 cm³/mol. The molecular weight excluding hydrogens is 256 g/mol. The van der Waals surface area contributed by atoms with Crippen molar-refractivity contribution in [3.63, 3.8) is 0 Å². The summed E-state index contributed by atoms with van der Waals surface area (Å²) < 4.78 is 5.52. The van der Waals surface area contributed by atoms with Crippen LogP contribution in [0, 0.1) is 6.92 Å². The molecule has 0 spiro atoms. The first-order valence-corrected chi connectivity index (χ1v) is 6.84. The van der Waals surface area contributed by atoms with Gasteiger partial charge in [0.25, 0.3) is 0 Å². The Morgan fingerprint density at radius 2 is 1.80 bits per heavy atom. The SMILES string of the molecule is CCNC(=O)CNC(=O)CCCOc1ccc(C)cc1. The van der Waals surface area contributed by atoms with Gasteiger partial charge in [-0.25, -0.2) is 0 Å². The lowest BCUT2D eigenvalue weighted by molar-refractivity contribution is -0.126.